The summed E-state index contributed by atoms with van der Waals surface area (Å²) >= 11 is 0. The van der Waals surface area contributed by atoms with Crippen LogP contribution in [0, 0.1) is 11.7 Å². The molecule has 8 nitrogen and oxygen atoms in total. The van der Waals surface area contributed by atoms with Crippen LogP contribution in [-0.2, 0) is 9.53 Å². The van der Waals surface area contributed by atoms with Crippen LogP contribution in [-0.4, -0.2) is 59.2 Å². The smallest absolute Gasteiger partial charge is 0.387 e. The van der Waals surface area contributed by atoms with Crippen molar-refractivity contribution in [1.82, 2.24) is 19.9 Å². The molecule has 0 N–H and O–H groups in total. The van der Waals surface area contributed by atoms with Gasteiger partial charge in [-0.3, -0.25) is 14.6 Å². The standard InChI is InChI=1S/C24H25F3N5O3/c1-16(2)12-30-9-10-34-22(13-30)17-3-8-21(20(25)11-17)31(15-33)23-14-32(29-28-23)18-4-6-19(7-5-18)35-24(26)27/h3-8,11,14-15,22,24H,9-10,12-13H2,1-2H3/t22-/m1/s1. The minimum absolute atomic E-state index is 0.00575. The summed E-state index contributed by atoms with van der Waals surface area (Å²) < 4.78 is 51.3. The Morgan fingerprint density at radius 1 is 1.26 bits per heavy atom. The van der Waals surface area contributed by atoms with E-state index in [1.807, 2.05) is 0 Å². The highest BCUT2D eigenvalue weighted by Gasteiger charge is 2.25. The van der Waals surface area contributed by atoms with E-state index in [-0.39, 0.29) is 23.4 Å². The van der Waals surface area contributed by atoms with Gasteiger partial charge in [0, 0.05) is 19.6 Å². The van der Waals surface area contributed by atoms with Crippen LogP contribution in [0.25, 0.3) is 5.69 Å². The maximum Gasteiger partial charge on any atom is 0.387 e. The van der Waals surface area contributed by atoms with E-state index in [1.165, 1.54) is 53.2 Å². The molecule has 2 heterocycles. The molecule has 1 aliphatic rings. The van der Waals surface area contributed by atoms with Gasteiger partial charge in [-0.25, -0.2) is 9.07 Å². The van der Waals surface area contributed by atoms with Gasteiger partial charge in [0.05, 0.1) is 30.3 Å². The van der Waals surface area contributed by atoms with Crippen molar-refractivity contribution in [3.8, 4) is 11.4 Å². The summed E-state index contributed by atoms with van der Waals surface area (Å²) in [7, 11) is 0. The second-order valence-electron chi connectivity index (χ2n) is 8.38. The fraction of sp³-hybridized carbons (Fsp3) is 0.333. The Morgan fingerprint density at radius 3 is 2.69 bits per heavy atom. The van der Waals surface area contributed by atoms with E-state index in [0.717, 1.165) is 18.0 Å². The first-order valence-electron chi connectivity index (χ1n) is 11.0. The Bertz CT molecular complexity index is 1140. The zero-order valence-corrected chi connectivity index (χ0v) is 19.3. The second kappa shape index (κ2) is 10.9. The van der Waals surface area contributed by atoms with Gasteiger partial charge in [0.15, 0.2) is 5.82 Å². The first-order chi connectivity index (χ1) is 16.8. The Balaban J connectivity index is 1.50. The minimum Gasteiger partial charge on any atom is -0.435 e. The van der Waals surface area contributed by atoms with Crippen molar-refractivity contribution in [3.05, 3.63) is 66.0 Å². The van der Waals surface area contributed by atoms with Gasteiger partial charge < -0.3 is 9.47 Å². The lowest BCUT2D eigenvalue weighted by atomic mass is 10.1. The highest BCUT2D eigenvalue weighted by molar-refractivity contribution is 5.84. The third-order valence-corrected chi connectivity index (χ3v) is 5.45. The number of amides is 1. The Labute approximate surface area is 200 Å². The van der Waals surface area contributed by atoms with Gasteiger partial charge in [-0.15, -0.1) is 5.10 Å². The number of aromatic nitrogens is 3. The Hall–Kier alpha value is -3.44. The molecule has 0 bridgehead atoms. The van der Waals surface area contributed by atoms with Crippen LogP contribution in [0.1, 0.15) is 25.5 Å². The lowest BCUT2D eigenvalue weighted by Gasteiger charge is -2.34. The van der Waals surface area contributed by atoms with Crippen LogP contribution >= 0.6 is 0 Å². The van der Waals surface area contributed by atoms with Crippen molar-refractivity contribution in [3.63, 3.8) is 0 Å². The molecule has 0 unspecified atom stereocenters. The van der Waals surface area contributed by atoms with E-state index in [9.17, 15) is 13.6 Å². The number of hydrogen-bond acceptors (Lipinski definition) is 6. The van der Waals surface area contributed by atoms with Crippen molar-refractivity contribution < 1.29 is 27.4 Å². The van der Waals surface area contributed by atoms with Crippen LogP contribution in [0.4, 0.5) is 24.7 Å². The van der Waals surface area contributed by atoms with Crippen molar-refractivity contribution in [2.45, 2.75) is 26.6 Å². The maximum absolute atomic E-state index is 15.1. The zero-order chi connectivity index (χ0) is 24.9. The molecule has 1 saturated heterocycles. The molecule has 0 spiro atoms. The van der Waals surface area contributed by atoms with E-state index in [0.29, 0.717) is 30.8 Å². The SMILES string of the molecule is C[C](C)CN1CCO[C@@H](c2ccc(N(C=O)c3cn(-c4ccc(OC(F)F)cc4)nn3)c(F)c2)C1. The fourth-order valence-electron chi connectivity index (χ4n) is 3.92. The highest BCUT2D eigenvalue weighted by atomic mass is 19.3. The molecule has 3 aromatic rings. The molecule has 35 heavy (non-hydrogen) atoms. The molecular weight excluding hydrogens is 463 g/mol. The van der Waals surface area contributed by atoms with E-state index in [4.69, 9.17) is 4.74 Å². The number of morpholine rings is 1. The van der Waals surface area contributed by atoms with Gasteiger partial charge in [0.2, 0.25) is 6.41 Å². The summed E-state index contributed by atoms with van der Waals surface area (Å²) in [5.74, 6) is 0.776. The fourth-order valence-corrected chi connectivity index (χ4v) is 3.92. The van der Waals surface area contributed by atoms with Crippen molar-refractivity contribution in [2.75, 3.05) is 31.1 Å². The molecule has 11 heteroatoms. The van der Waals surface area contributed by atoms with Crippen LogP contribution in [0.3, 0.4) is 0 Å². The molecule has 1 aromatic heterocycles. The molecule has 185 valence electrons. The topological polar surface area (TPSA) is 72.7 Å². The number of halogens is 3. The summed E-state index contributed by atoms with van der Waals surface area (Å²) in [4.78, 5) is 15.1. The van der Waals surface area contributed by atoms with Gasteiger partial charge in [0.1, 0.15) is 11.6 Å². The highest BCUT2D eigenvalue weighted by Crippen LogP contribution is 2.30. The molecule has 0 aliphatic carbocycles. The molecule has 1 radical (unpaired) electrons. The van der Waals surface area contributed by atoms with Gasteiger partial charge in [0.25, 0.3) is 0 Å². The van der Waals surface area contributed by atoms with Gasteiger partial charge >= 0.3 is 6.61 Å². The molecule has 4 rings (SSSR count). The normalized spacial score (nSPS) is 16.6. The van der Waals surface area contributed by atoms with Gasteiger partial charge in [-0.05, 0) is 47.9 Å². The summed E-state index contributed by atoms with van der Waals surface area (Å²) in [6.07, 6.45) is 1.61. The minimum atomic E-state index is -2.93. The molecule has 1 aliphatic heterocycles. The Morgan fingerprint density at radius 2 is 2.03 bits per heavy atom. The van der Waals surface area contributed by atoms with Crippen molar-refractivity contribution in [2.24, 2.45) is 0 Å². The molecule has 0 saturated carbocycles. The molecular formula is C24H25F3N5O3. The summed E-state index contributed by atoms with van der Waals surface area (Å²) in [5.41, 5.74) is 1.19. The third-order valence-electron chi connectivity index (χ3n) is 5.45. The van der Waals surface area contributed by atoms with Crippen molar-refractivity contribution in [1.29, 1.82) is 0 Å². The third kappa shape index (κ3) is 5.98. The number of benzene rings is 2. The Kier molecular flexibility index (Phi) is 7.67. The van der Waals surface area contributed by atoms with E-state index < -0.39 is 12.4 Å². The zero-order valence-electron chi connectivity index (χ0n) is 19.3. The summed E-state index contributed by atoms with van der Waals surface area (Å²) in [6, 6.07) is 10.3. The predicted molar refractivity (Wildman–Crippen MR) is 122 cm³/mol. The first kappa shape index (κ1) is 24.7. The molecule has 1 fully saturated rings. The van der Waals surface area contributed by atoms with Crippen molar-refractivity contribution >= 4 is 17.9 Å². The average Bonchev–Trinajstić information content (AvgIpc) is 3.30. The number of rotatable bonds is 9. The lowest BCUT2D eigenvalue weighted by molar-refractivity contribution is -0.106. The molecule has 1 amide bonds. The number of alkyl halides is 2. The number of hydrogen-bond donors (Lipinski definition) is 0. The quantitative estimate of drug-likeness (QED) is 0.419. The average molecular weight is 488 g/mol. The van der Waals surface area contributed by atoms with E-state index in [1.54, 1.807) is 6.07 Å². The van der Waals surface area contributed by atoms with E-state index in [2.05, 4.69) is 33.8 Å². The van der Waals surface area contributed by atoms with E-state index >= 15 is 4.39 Å². The summed E-state index contributed by atoms with van der Waals surface area (Å²) in [5, 5.41) is 7.91. The largest absolute Gasteiger partial charge is 0.435 e. The summed E-state index contributed by atoms with van der Waals surface area (Å²) in [6.45, 7) is 4.09. The first-order valence-corrected chi connectivity index (χ1v) is 11.0. The lowest BCUT2D eigenvalue weighted by Crippen LogP contribution is -2.39. The second-order valence-corrected chi connectivity index (χ2v) is 8.38. The molecule has 2 aromatic carbocycles. The molecule has 1 atom stereocenters. The van der Waals surface area contributed by atoms with Crippen LogP contribution in [0.5, 0.6) is 5.75 Å². The number of ether oxygens (including phenoxy) is 2. The van der Waals surface area contributed by atoms with Crippen LogP contribution < -0.4 is 9.64 Å². The predicted octanol–water partition coefficient (Wildman–Crippen LogP) is 4.29. The number of carbonyl (C=O) groups excluding carboxylic acids is 1. The van der Waals surface area contributed by atoms with Crippen LogP contribution in [0.15, 0.2) is 48.7 Å². The van der Waals surface area contributed by atoms with Gasteiger partial charge in [-0.2, -0.15) is 8.78 Å². The number of carbonyl (C=O) groups is 1. The number of anilines is 2. The maximum atomic E-state index is 15.1. The number of nitrogens with zero attached hydrogens (tertiary/aromatic N) is 5. The van der Waals surface area contributed by atoms with Gasteiger partial charge in [-0.1, -0.05) is 25.1 Å². The monoisotopic (exact) mass is 488 g/mol. The van der Waals surface area contributed by atoms with Crippen LogP contribution in [0.2, 0.25) is 0 Å².